The third kappa shape index (κ3) is 9.99. The fourth-order valence-corrected chi connectivity index (χ4v) is 1.29. The first kappa shape index (κ1) is 13.1. The molecule has 1 unspecified atom stereocenters. The fraction of sp³-hybridized carbons (Fsp3) is 1.00. The molecule has 0 saturated heterocycles. The van der Waals surface area contributed by atoms with E-state index in [1.807, 2.05) is 6.92 Å². The number of phosphoric ester groups is 1. The van der Waals surface area contributed by atoms with Crippen LogP contribution in [0, 0.1) is 0 Å². The normalized spacial score (nSPS) is 14.5. The van der Waals surface area contributed by atoms with E-state index in [-0.39, 0.29) is 6.61 Å². The summed E-state index contributed by atoms with van der Waals surface area (Å²) in [5.41, 5.74) is 0. The van der Waals surface area contributed by atoms with Crippen molar-refractivity contribution < 1.29 is 23.6 Å². The molecule has 0 aromatic heterocycles. The highest BCUT2D eigenvalue weighted by molar-refractivity contribution is 7.46. The van der Waals surface area contributed by atoms with E-state index in [0.29, 0.717) is 6.61 Å². The molecule has 0 radical (unpaired) electrons. The number of phosphoric acid groups is 1. The van der Waals surface area contributed by atoms with E-state index in [0.717, 1.165) is 12.8 Å². The molecule has 13 heavy (non-hydrogen) atoms. The molecule has 0 aliphatic rings. The van der Waals surface area contributed by atoms with Gasteiger partial charge in [-0.25, -0.2) is 4.57 Å². The number of hydrogen-bond acceptors (Lipinski definition) is 3. The van der Waals surface area contributed by atoms with E-state index in [4.69, 9.17) is 14.5 Å². The van der Waals surface area contributed by atoms with Gasteiger partial charge in [0.05, 0.1) is 12.7 Å². The van der Waals surface area contributed by atoms with Crippen molar-refractivity contribution in [2.45, 2.75) is 32.8 Å². The number of ether oxygens (including phenoxy) is 1. The Morgan fingerprint density at radius 2 is 2.08 bits per heavy atom. The van der Waals surface area contributed by atoms with Crippen LogP contribution in [0.3, 0.4) is 0 Å². The van der Waals surface area contributed by atoms with E-state index >= 15 is 0 Å². The second-order valence-electron chi connectivity index (χ2n) is 2.84. The van der Waals surface area contributed by atoms with Crippen molar-refractivity contribution in [3.63, 3.8) is 0 Å². The van der Waals surface area contributed by atoms with Crippen molar-refractivity contribution in [2.24, 2.45) is 0 Å². The van der Waals surface area contributed by atoms with Gasteiger partial charge >= 0.3 is 7.82 Å². The Labute approximate surface area is 78.3 Å². The van der Waals surface area contributed by atoms with E-state index < -0.39 is 13.9 Å². The van der Waals surface area contributed by atoms with Crippen molar-refractivity contribution >= 4 is 7.82 Å². The molecule has 5 nitrogen and oxygen atoms in total. The van der Waals surface area contributed by atoms with Crippen molar-refractivity contribution in [1.29, 1.82) is 0 Å². The lowest BCUT2D eigenvalue weighted by Crippen LogP contribution is -2.15. The second-order valence-corrected chi connectivity index (χ2v) is 4.03. The lowest BCUT2D eigenvalue weighted by molar-refractivity contribution is 0.0408. The minimum Gasteiger partial charge on any atom is -0.379 e. The lowest BCUT2D eigenvalue weighted by atomic mass is 10.4. The maximum Gasteiger partial charge on any atom is 0.469 e. The summed E-state index contributed by atoms with van der Waals surface area (Å²) in [6, 6.07) is 0. The molecular formula is C7H17O5P. The van der Waals surface area contributed by atoms with E-state index in [2.05, 4.69) is 4.52 Å². The maximum absolute atomic E-state index is 10.3. The van der Waals surface area contributed by atoms with Crippen LogP contribution in [-0.4, -0.2) is 29.1 Å². The predicted octanol–water partition coefficient (Wildman–Crippen LogP) is 1.30. The van der Waals surface area contributed by atoms with Crippen LogP contribution in [0.4, 0.5) is 0 Å². The molecule has 0 aromatic carbocycles. The molecule has 0 amide bonds. The van der Waals surface area contributed by atoms with Gasteiger partial charge in [-0.1, -0.05) is 13.3 Å². The zero-order valence-corrected chi connectivity index (χ0v) is 8.87. The standard InChI is InChI=1S/C7H17O5P/c1-3-4-5-11-6-7(2)12-13(8,9)10/h7H,3-6H2,1-2H3,(H2,8,9,10). The number of rotatable bonds is 7. The summed E-state index contributed by atoms with van der Waals surface area (Å²) >= 11 is 0. The highest BCUT2D eigenvalue weighted by Crippen LogP contribution is 2.37. The van der Waals surface area contributed by atoms with E-state index in [9.17, 15) is 4.57 Å². The lowest BCUT2D eigenvalue weighted by Gasteiger charge is -2.13. The molecule has 80 valence electrons. The van der Waals surface area contributed by atoms with Gasteiger partial charge < -0.3 is 14.5 Å². The third-order valence-electron chi connectivity index (χ3n) is 1.31. The molecule has 0 rings (SSSR count). The Balaban J connectivity index is 3.41. The molecule has 1 atom stereocenters. The summed E-state index contributed by atoms with van der Waals surface area (Å²) in [7, 11) is -4.36. The first-order valence-electron chi connectivity index (χ1n) is 4.27. The Hall–Kier alpha value is 0.0700. The van der Waals surface area contributed by atoms with Gasteiger partial charge in [-0.15, -0.1) is 0 Å². The SMILES string of the molecule is CCCCOCC(C)OP(=O)(O)O. The minimum absolute atomic E-state index is 0.213. The quantitative estimate of drug-likeness (QED) is 0.491. The Morgan fingerprint density at radius 3 is 2.54 bits per heavy atom. The van der Waals surface area contributed by atoms with Crippen LogP contribution >= 0.6 is 7.82 Å². The molecular weight excluding hydrogens is 195 g/mol. The van der Waals surface area contributed by atoms with Crippen LogP contribution in [0.25, 0.3) is 0 Å². The van der Waals surface area contributed by atoms with E-state index in [1.54, 1.807) is 6.92 Å². The fourth-order valence-electron chi connectivity index (χ4n) is 0.761. The molecule has 0 aliphatic heterocycles. The molecule has 0 aliphatic carbocycles. The maximum atomic E-state index is 10.3. The summed E-state index contributed by atoms with van der Waals surface area (Å²) in [5, 5.41) is 0. The molecule has 0 saturated carbocycles. The van der Waals surface area contributed by atoms with Crippen molar-refractivity contribution in [1.82, 2.24) is 0 Å². The topological polar surface area (TPSA) is 76.0 Å². The van der Waals surface area contributed by atoms with Gasteiger partial charge in [0.1, 0.15) is 0 Å². The molecule has 0 spiro atoms. The molecule has 2 N–H and O–H groups in total. The van der Waals surface area contributed by atoms with Gasteiger partial charge in [0.25, 0.3) is 0 Å². The first-order valence-corrected chi connectivity index (χ1v) is 5.80. The van der Waals surface area contributed by atoms with Crippen molar-refractivity contribution in [2.75, 3.05) is 13.2 Å². The van der Waals surface area contributed by atoms with E-state index in [1.165, 1.54) is 0 Å². The first-order chi connectivity index (χ1) is 5.95. The molecule has 0 fully saturated rings. The number of unbranched alkanes of at least 4 members (excludes halogenated alkanes) is 1. The molecule has 0 heterocycles. The van der Waals surface area contributed by atoms with Gasteiger partial charge in [-0.2, -0.15) is 0 Å². The third-order valence-corrected chi connectivity index (χ3v) is 1.95. The summed E-state index contributed by atoms with van der Waals surface area (Å²) < 4.78 is 19.8. The van der Waals surface area contributed by atoms with Gasteiger partial charge in [-0.3, -0.25) is 4.52 Å². The van der Waals surface area contributed by atoms with Crippen molar-refractivity contribution in [3.05, 3.63) is 0 Å². The summed E-state index contributed by atoms with van der Waals surface area (Å²) in [5.74, 6) is 0. The number of hydrogen-bond donors (Lipinski definition) is 2. The van der Waals surface area contributed by atoms with Crippen LogP contribution < -0.4 is 0 Å². The van der Waals surface area contributed by atoms with Crippen LogP contribution in [0.5, 0.6) is 0 Å². The zero-order valence-electron chi connectivity index (χ0n) is 7.97. The second kappa shape index (κ2) is 6.51. The Morgan fingerprint density at radius 1 is 1.46 bits per heavy atom. The highest BCUT2D eigenvalue weighted by atomic mass is 31.2. The minimum atomic E-state index is -4.36. The summed E-state index contributed by atoms with van der Waals surface area (Å²) in [6.07, 6.45) is 1.41. The van der Waals surface area contributed by atoms with Gasteiger partial charge in [0, 0.05) is 6.61 Å². The summed E-state index contributed by atoms with van der Waals surface area (Å²) in [4.78, 5) is 16.8. The summed E-state index contributed by atoms with van der Waals surface area (Å²) in [6.45, 7) is 4.42. The molecule has 0 bridgehead atoms. The average molecular weight is 212 g/mol. The van der Waals surface area contributed by atoms with Crippen LogP contribution in [0.15, 0.2) is 0 Å². The smallest absolute Gasteiger partial charge is 0.379 e. The highest BCUT2D eigenvalue weighted by Gasteiger charge is 2.18. The van der Waals surface area contributed by atoms with Crippen molar-refractivity contribution in [3.8, 4) is 0 Å². The largest absolute Gasteiger partial charge is 0.469 e. The predicted molar refractivity (Wildman–Crippen MR) is 48.3 cm³/mol. The Bertz CT molecular complexity index is 166. The molecule has 0 aromatic rings. The zero-order chi connectivity index (χ0) is 10.3. The van der Waals surface area contributed by atoms with Crippen LogP contribution in [-0.2, 0) is 13.8 Å². The monoisotopic (exact) mass is 212 g/mol. The molecule has 6 heteroatoms. The van der Waals surface area contributed by atoms with Gasteiger partial charge in [0.15, 0.2) is 0 Å². The van der Waals surface area contributed by atoms with Gasteiger partial charge in [0.2, 0.25) is 0 Å². The van der Waals surface area contributed by atoms with Crippen LogP contribution in [0.1, 0.15) is 26.7 Å². The van der Waals surface area contributed by atoms with Gasteiger partial charge in [-0.05, 0) is 13.3 Å². The van der Waals surface area contributed by atoms with Crippen LogP contribution in [0.2, 0.25) is 0 Å². The Kier molecular flexibility index (Phi) is 6.55. The average Bonchev–Trinajstić information content (AvgIpc) is 1.94.